The first-order chi connectivity index (χ1) is 21.1. The zero-order valence-electron chi connectivity index (χ0n) is 24.7. The van der Waals surface area contributed by atoms with Crippen molar-refractivity contribution in [3.63, 3.8) is 0 Å². The smallest absolute Gasteiger partial charge is 0.326 e. The standard InChI is InChI=1S/C30H34Cl2N6O4S2/c1-4-42-28-24(19-33-29(35-28)43-2)27-34-25(20-5-9-22(31)10-6-20)26(21-7-11-23(32)12-8-21)38(27)30(39)37-15-13-36(14-16-37)17-18-44(3,40)41/h5-12,19,25-26H,4,13-18H2,1-3H3/t25-,26+/m0/s1. The molecule has 2 aliphatic heterocycles. The molecule has 0 unspecified atom stereocenters. The third-order valence-corrected chi connectivity index (χ3v) is 9.54. The summed E-state index contributed by atoms with van der Waals surface area (Å²) in [5.74, 6) is 0.837. The van der Waals surface area contributed by atoms with Gasteiger partial charge in [-0.2, -0.15) is 4.98 Å². The van der Waals surface area contributed by atoms with Gasteiger partial charge in [0.05, 0.1) is 24.0 Å². The average Bonchev–Trinajstić information content (AvgIpc) is 3.40. The van der Waals surface area contributed by atoms with Crippen LogP contribution in [-0.2, 0) is 9.84 Å². The number of sulfone groups is 1. The van der Waals surface area contributed by atoms with Crippen LogP contribution in [0.3, 0.4) is 0 Å². The van der Waals surface area contributed by atoms with E-state index < -0.39 is 21.9 Å². The molecule has 3 heterocycles. The lowest BCUT2D eigenvalue weighted by atomic mass is 9.94. The summed E-state index contributed by atoms with van der Waals surface area (Å²) in [4.78, 5) is 34.5. The van der Waals surface area contributed by atoms with Crippen molar-refractivity contribution in [2.45, 2.75) is 24.2 Å². The van der Waals surface area contributed by atoms with Gasteiger partial charge in [-0.25, -0.2) is 18.2 Å². The maximum absolute atomic E-state index is 14.6. The first-order valence-corrected chi connectivity index (χ1v) is 18.2. The number of benzene rings is 2. The molecule has 2 amide bonds. The third-order valence-electron chi connectivity index (χ3n) is 7.55. The SMILES string of the molecule is CCOc1nc(SC)ncc1C1=N[C@@H](c2ccc(Cl)cc2)[C@@H](c2ccc(Cl)cc2)N1C(=O)N1CCN(CCS(C)(=O)=O)CC1. The van der Waals surface area contributed by atoms with Gasteiger partial charge in [-0.1, -0.05) is 59.2 Å². The maximum Gasteiger partial charge on any atom is 0.326 e. The summed E-state index contributed by atoms with van der Waals surface area (Å²) in [5, 5.41) is 1.72. The van der Waals surface area contributed by atoms with Crippen molar-refractivity contribution in [2.75, 3.05) is 57.6 Å². The molecule has 1 fully saturated rings. The van der Waals surface area contributed by atoms with Crippen LogP contribution in [0.5, 0.6) is 5.88 Å². The van der Waals surface area contributed by atoms with Gasteiger partial charge < -0.3 is 9.64 Å². The van der Waals surface area contributed by atoms with Gasteiger partial charge in [0.1, 0.15) is 21.7 Å². The van der Waals surface area contributed by atoms with Gasteiger partial charge in [-0.3, -0.25) is 14.8 Å². The van der Waals surface area contributed by atoms with Crippen LogP contribution in [0.15, 0.2) is 64.9 Å². The Morgan fingerprint density at radius 3 is 2.18 bits per heavy atom. The molecule has 3 aromatic rings. The molecule has 1 saturated heterocycles. The number of carbonyl (C=O) groups is 1. The second-order valence-electron chi connectivity index (χ2n) is 10.6. The normalized spacial score (nSPS) is 19.2. The summed E-state index contributed by atoms with van der Waals surface area (Å²) in [6.45, 7) is 4.67. The Balaban J connectivity index is 1.58. The lowest BCUT2D eigenvalue weighted by Crippen LogP contribution is -2.54. The summed E-state index contributed by atoms with van der Waals surface area (Å²) in [7, 11) is -3.08. The molecule has 10 nitrogen and oxygen atoms in total. The highest BCUT2D eigenvalue weighted by Crippen LogP contribution is 2.45. The van der Waals surface area contributed by atoms with Crippen molar-refractivity contribution in [3.05, 3.63) is 81.5 Å². The first-order valence-electron chi connectivity index (χ1n) is 14.2. The number of piperazine rings is 1. The van der Waals surface area contributed by atoms with Crippen LogP contribution in [0.4, 0.5) is 4.79 Å². The Morgan fingerprint density at radius 2 is 1.61 bits per heavy atom. The van der Waals surface area contributed by atoms with Crippen LogP contribution >= 0.6 is 35.0 Å². The highest BCUT2D eigenvalue weighted by Gasteiger charge is 2.45. The molecule has 0 radical (unpaired) electrons. The monoisotopic (exact) mass is 676 g/mol. The van der Waals surface area contributed by atoms with Crippen LogP contribution in [0, 0.1) is 0 Å². The minimum Gasteiger partial charge on any atom is -0.477 e. The number of hydrogen-bond donors (Lipinski definition) is 0. The minimum absolute atomic E-state index is 0.0809. The molecular weight excluding hydrogens is 643 g/mol. The number of nitrogens with zero attached hydrogens (tertiary/aromatic N) is 6. The Bertz CT molecular complexity index is 1620. The molecule has 1 aromatic heterocycles. The van der Waals surface area contributed by atoms with Crippen molar-refractivity contribution < 1.29 is 17.9 Å². The Morgan fingerprint density at radius 1 is 1.00 bits per heavy atom. The molecule has 2 atom stereocenters. The van der Waals surface area contributed by atoms with Crippen molar-refractivity contribution in [1.29, 1.82) is 0 Å². The van der Waals surface area contributed by atoms with Crippen LogP contribution in [-0.4, -0.2) is 103 Å². The fourth-order valence-corrected chi connectivity index (χ4v) is 6.49. The number of aromatic nitrogens is 2. The molecule has 0 N–H and O–H groups in total. The van der Waals surface area contributed by atoms with Crippen molar-refractivity contribution >= 4 is 56.7 Å². The molecule has 0 saturated carbocycles. The summed E-state index contributed by atoms with van der Waals surface area (Å²) in [5.41, 5.74) is 2.25. The van der Waals surface area contributed by atoms with E-state index in [0.29, 0.717) is 71.8 Å². The molecular formula is C30H34Cl2N6O4S2. The summed E-state index contributed by atoms with van der Waals surface area (Å²) >= 11 is 13.9. The highest BCUT2D eigenvalue weighted by molar-refractivity contribution is 7.98. The van der Waals surface area contributed by atoms with Gasteiger partial charge in [0.25, 0.3) is 0 Å². The zero-order valence-corrected chi connectivity index (χ0v) is 27.8. The van der Waals surface area contributed by atoms with Crippen molar-refractivity contribution in [3.8, 4) is 5.88 Å². The fourth-order valence-electron chi connectivity index (χ4n) is 5.31. The predicted molar refractivity (Wildman–Crippen MR) is 175 cm³/mol. The van der Waals surface area contributed by atoms with E-state index in [9.17, 15) is 13.2 Å². The molecule has 234 valence electrons. The number of thioether (sulfide) groups is 1. The molecule has 5 rings (SSSR count). The van der Waals surface area contributed by atoms with Gasteiger partial charge in [0, 0.05) is 55.2 Å². The summed E-state index contributed by atoms with van der Waals surface area (Å²) in [6, 6.07) is 13.7. The lowest BCUT2D eigenvalue weighted by molar-refractivity contribution is 0.122. The van der Waals surface area contributed by atoms with Crippen LogP contribution in [0.2, 0.25) is 10.0 Å². The van der Waals surface area contributed by atoms with E-state index in [2.05, 4.69) is 14.9 Å². The van der Waals surface area contributed by atoms with Gasteiger partial charge >= 0.3 is 6.03 Å². The fraction of sp³-hybridized carbons (Fsp3) is 0.400. The van der Waals surface area contributed by atoms with E-state index in [1.165, 1.54) is 18.0 Å². The second kappa shape index (κ2) is 14.0. The van der Waals surface area contributed by atoms with E-state index in [1.54, 1.807) is 28.1 Å². The van der Waals surface area contributed by atoms with Crippen molar-refractivity contribution in [2.24, 2.45) is 4.99 Å². The zero-order chi connectivity index (χ0) is 31.4. The highest BCUT2D eigenvalue weighted by atomic mass is 35.5. The molecule has 0 bridgehead atoms. The van der Waals surface area contributed by atoms with Crippen molar-refractivity contribution in [1.82, 2.24) is 24.7 Å². The van der Waals surface area contributed by atoms with Gasteiger partial charge in [-0.05, 0) is 48.6 Å². The van der Waals surface area contributed by atoms with E-state index in [-0.39, 0.29) is 11.8 Å². The largest absolute Gasteiger partial charge is 0.477 e. The van der Waals surface area contributed by atoms with E-state index >= 15 is 0 Å². The molecule has 14 heteroatoms. The number of halogens is 2. The summed E-state index contributed by atoms with van der Waals surface area (Å²) in [6.07, 6.45) is 4.78. The number of rotatable bonds is 9. The molecule has 2 aromatic carbocycles. The number of amides is 2. The Kier molecular flexibility index (Phi) is 10.4. The number of ether oxygens (including phenoxy) is 1. The van der Waals surface area contributed by atoms with Crippen LogP contribution < -0.4 is 4.74 Å². The molecule has 0 aliphatic carbocycles. The first kappa shape index (κ1) is 32.5. The molecule has 2 aliphatic rings. The second-order valence-corrected chi connectivity index (χ2v) is 14.5. The summed E-state index contributed by atoms with van der Waals surface area (Å²) < 4.78 is 29.4. The Hall–Kier alpha value is -2.90. The van der Waals surface area contributed by atoms with Crippen LogP contribution in [0.25, 0.3) is 0 Å². The van der Waals surface area contributed by atoms with E-state index in [1.807, 2.05) is 49.6 Å². The number of amidine groups is 1. The van der Waals surface area contributed by atoms with Gasteiger partial charge in [0.2, 0.25) is 5.88 Å². The van der Waals surface area contributed by atoms with Crippen LogP contribution in [0.1, 0.15) is 35.7 Å². The predicted octanol–water partition coefficient (Wildman–Crippen LogP) is 5.23. The number of aliphatic imine (C=N–C) groups is 1. The minimum atomic E-state index is -3.08. The molecule has 44 heavy (non-hydrogen) atoms. The average molecular weight is 678 g/mol. The number of carbonyl (C=O) groups excluding carboxylic acids is 1. The van der Waals surface area contributed by atoms with Gasteiger partial charge in [-0.15, -0.1) is 0 Å². The topological polar surface area (TPSA) is 108 Å². The Labute approximate surface area is 272 Å². The van der Waals surface area contributed by atoms with Gasteiger partial charge in [0.15, 0.2) is 5.16 Å². The number of hydrogen-bond acceptors (Lipinski definition) is 9. The van der Waals surface area contributed by atoms with E-state index in [0.717, 1.165) is 11.1 Å². The quantitative estimate of drug-likeness (QED) is 0.224. The maximum atomic E-state index is 14.6. The van der Waals surface area contributed by atoms with E-state index in [4.69, 9.17) is 32.9 Å². The lowest BCUT2D eigenvalue weighted by Gasteiger charge is -2.39. The number of urea groups is 1. The molecule has 0 spiro atoms. The third kappa shape index (κ3) is 7.48.